The van der Waals surface area contributed by atoms with Crippen molar-refractivity contribution in [3.05, 3.63) is 172 Å². The molecule has 0 amide bonds. The van der Waals surface area contributed by atoms with Crippen molar-refractivity contribution in [3.8, 4) is 5.75 Å². The molecule has 0 aliphatic carbocycles. The minimum absolute atomic E-state index is 0.0690. The van der Waals surface area contributed by atoms with Crippen LogP contribution in [-0.2, 0) is 12.8 Å². The van der Waals surface area contributed by atoms with Gasteiger partial charge in [0.1, 0.15) is 11.3 Å². The fourth-order valence-electron chi connectivity index (χ4n) is 5.22. The van der Waals surface area contributed by atoms with Gasteiger partial charge in [0.05, 0.1) is 0 Å². The highest BCUT2D eigenvalue weighted by Gasteiger charge is 2.26. The number of carboxylic acids is 1. The predicted molar refractivity (Wildman–Crippen MR) is 152 cm³/mol. The Hall–Kier alpha value is -4.63. The van der Waals surface area contributed by atoms with Crippen molar-refractivity contribution in [2.45, 2.75) is 24.7 Å². The first-order chi connectivity index (χ1) is 18.6. The maximum atomic E-state index is 12.4. The first kappa shape index (κ1) is 25.0. The second-order valence-electron chi connectivity index (χ2n) is 9.62. The van der Waals surface area contributed by atoms with Crippen molar-refractivity contribution in [2.24, 2.45) is 0 Å². The lowest BCUT2D eigenvalue weighted by Crippen LogP contribution is -2.12. The van der Waals surface area contributed by atoms with Gasteiger partial charge in [0.15, 0.2) is 0 Å². The van der Waals surface area contributed by atoms with E-state index in [1.807, 2.05) is 91.0 Å². The zero-order chi connectivity index (χ0) is 26.3. The Morgan fingerprint density at radius 2 is 0.974 bits per heavy atom. The van der Waals surface area contributed by atoms with Gasteiger partial charge >= 0.3 is 5.97 Å². The molecule has 0 saturated heterocycles. The molecule has 0 fully saturated rings. The fourth-order valence-corrected chi connectivity index (χ4v) is 5.22. The van der Waals surface area contributed by atoms with Gasteiger partial charge in [0.25, 0.3) is 0 Å². The Kier molecular flexibility index (Phi) is 7.65. The zero-order valence-electron chi connectivity index (χ0n) is 21.1. The van der Waals surface area contributed by atoms with Crippen LogP contribution >= 0.6 is 0 Å². The highest BCUT2D eigenvalue weighted by atomic mass is 16.4. The number of hydrogen-bond donors (Lipinski definition) is 2. The molecule has 3 nitrogen and oxygen atoms in total. The summed E-state index contributed by atoms with van der Waals surface area (Å²) in [5.74, 6) is -1.60. The second kappa shape index (κ2) is 11.6. The van der Waals surface area contributed by atoms with Crippen molar-refractivity contribution >= 4 is 5.97 Å². The van der Waals surface area contributed by atoms with Crippen LogP contribution in [0.3, 0.4) is 0 Å². The Balaban J connectivity index is 1.69. The van der Waals surface area contributed by atoms with E-state index in [9.17, 15) is 15.0 Å². The standard InChI is InChI=1S/C35H30O3/c36-34-32(31(28-19-11-4-12-20-28)22-26-15-7-2-8-16-26)23-29(24-33(34)35(37)38)30(27-17-9-3-10-18-27)21-25-13-5-1-6-14-25/h1-20,23-24,30-31,36H,21-22H2,(H,37,38). The molecule has 0 aromatic heterocycles. The number of rotatable bonds is 9. The summed E-state index contributed by atoms with van der Waals surface area (Å²) in [6, 6.07) is 44.2. The average molecular weight is 499 g/mol. The number of aromatic carboxylic acids is 1. The molecule has 0 heterocycles. The molecule has 0 bridgehead atoms. The molecule has 3 heteroatoms. The lowest BCUT2D eigenvalue weighted by Gasteiger charge is -2.25. The van der Waals surface area contributed by atoms with Gasteiger partial charge in [-0.2, -0.15) is 0 Å². The number of aromatic hydroxyl groups is 1. The SMILES string of the molecule is O=C(O)c1cc(C(Cc2ccccc2)c2ccccc2)cc(C(Cc2ccccc2)c2ccccc2)c1O. The van der Waals surface area contributed by atoms with Crippen molar-refractivity contribution in [3.63, 3.8) is 0 Å². The lowest BCUT2D eigenvalue weighted by molar-refractivity contribution is 0.0693. The highest BCUT2D eigenvalue weighted by Crippen LogP contribution is 2.40. The summed E-state index contributed by atoms with van der Waals surface area (Å²) in [6.45, 7) is 0. The van der Waals surface area contributed by atoms with Gasteiger partial charge in [-0.05, 0) is 46.7 Å². The smallest absolute Gasteiger partial charge is 0.339 e. The van der Waals surface area contributed by atoms with Gasteiger partial charge in [-0.1, -0.05) is 127 Å². The van der Waals surface area contributed by atoms with Gasteiger partial charge in [0.2, 0.25) is 0 Å². The number of hydrogen-bond acceptors (Lipinski definition) is 2. The number of carboxylic acid groups (broad SMARTS) is 1. The first-order valence-electron chi connectivity index (χ1n) is 12.9. The van der Waals surface area contributed by atoms with E-state index in [4.69, 9.17) is 0 Å². The molecular weight excluding hydrogens is 468 g/mol. The van der Waals surface area contributed by atoms with Gasteiger partial charge in [-0.15, -0.1) is 0 Å². The van der Waals surface area contributed by atoms with E-state index in [0.29, 0.717) is 18.4 Å². The Labute approximate surface area is 223 Å². The summed E-state index contributed by atoms with van der Waals surface area (Å²) in [5, 5.41) is 21.5. The molecular formula is C35H30O3. The molecule has 5 aromatic rings. The third-order valence-electron chi connectivity index (χ3n) is 7.14. The third-order valence-corrected chi connectivity index (χ3v) is 7.14. The molecule has 38 heavy (non-hydrogen) atoms. The molecule has 0 radical (unpaired) electrons. The van der Waals surface area contributed by atoms with Crippen LogP contribution in [0.15, 0.2) is 133 Å². The van der Waals surface area contributed by atoms with E-state index >= 15 is 0 Å². The molecule has 0 aliphatic heterocycles. The Bertz CT molecular complexity index is 1480. The monoisotopic (exact) mass is 498 g/mol. The fraction of sp³-hybridized carbons (Fsp3) is 0.114. The highest BCUT2D eigenvalue weighted by molar-refractivity contribution is 5.92. The number of carbonyl (C=O) groups is 1. The van der Waals surface area contributed by atoms with E-state index < -0.39 is 5.97 Å². The summed E-state index contributed by atoms with van der Waals surface area (Å²) in [7, 11) is 0. The van der Waals surface area contributed by atoms with E-state index in [1.165, 1.54) is 0 Å². The summed E-state index contributed by atoms with van der Waals surface area (Å²) >= 11 is 0. The van der Waals surface area contributed by atoms with Crippen molar-refractivity contribution in [2.75, 3.05) is 0 Å². The summed E-state index contributed by atoms with van der Waals surface area (Å²) in [5.41, 5.74) is 5.84. The van der Waals surface area contributed by atoms with Crippen molar-refractivity contribution in [1.29, 1.82) is 0 Å². The molecule has 188 valence electrons. The summed E-state index contributed by atoms with van der Waals surface area (Å²) in [6.07, 6.45) is 1.35. The normalized spacial score (nSPS) is 12.5. The molecule has 0 saturated carbocycles. The van der Waals surface area contributed by atoms with Crippen LogP contribution < -0.4 is 0 Å². The molecule has 0 spiro atoms. The van der Waals surface area contributed by atoms with Crippen LogP contribution in [-0.4, -0.2) is 16.2 Å². The first-order valence-corrected chi connectivity index (χ1v) is 12.9. The molecule has 0 aliphatic rings. The van der Waals surface area contributed by atoms with Gasteiger partial charge in [-0.3, -0.25) is 0 Å². The molecule has 2 unspecified atom stereocenters. The summed E-state index contributed by atoms with van der Waals surface area (Å²) in [4.78, 5) is 12.4. The third kappa shape index (κ3) is 5.68. The van der Waals surface area contributed by atoms with Crippen LogP contribution in [0.5, 0.6) is 5.75 Å². The number of benzene rings is 5. The quantitative estimate of drug-likeness (QED) is 0.218. The number of phenols is 1. The van der Waals surface area contributed by atoms with Crippen molar-refractivity contribution in [1.82, 2.24) is 0 Å². The second-order valence-corrected chi connectivity index (χ2v) is 9.62. The van der Waals surface area contributed by atoms with Crippen LogP contribution in [0.2, 0.25) is 0 Å². The lowest BCUT2D eigenvalue weighted by atomic mass is 9.80. The molecule has 5 aromatic carbocycles. The minimum atomic E-state index is -1.14. The topological polar surface area (TPSA) is 57.5 Å². The Morgan fingerprint density at radius 3 is 1.45 bits per heavy atom. The molecule has 2 N–H and O–H groups in total. The van der Waals surface area contributed by atoms with Crippen LogP contribution in [0.4, 0.5) is 0 Å². The van der Waals surface area contributed by atoms with Crippen LogP contribution in [0, 0.1) is 0 Å². The minimum Gasteiger partial charge on any atom is -0.507 e. The van der Waals surface area contributed by atoms with E-state index in [2.05, 4.69) is 36.4 Å². The van der Waals surface area contributed by atoms with Crippen LogP contribution in [0.1, 0.15) is 55.6 Å². The Morgan fingerprint density at radius 1 is 0.553 bits per heavy atom. The zero-order valence-corrected chi connectivity index (χ0v) is 21.1. The van der Waals surface area contributed by atoms with Crippen molar-refractivity contribution < 1.29 is 15.0 Å². The summed E-state index contributed by atoms with van der Waals surface area (Å²) < 4.78 is 0. The molecule has 5 rings (SSSR count). The van der Waals surface area contributed by atoms with Gasteiger partial charge in [-0.25, -0.2) is 4.79 Å². The maximum Gasteiger partial charge on any atom is 0.339 e. The maximum absolute atomic E-state index is 12.4. The predicted octanol–water partition coefficient (Wildman–Crippen LogP) is 7.84. The van der Waals surface area contributed by atoms with E-state index in [1.54, 1.807) is 6.07 Å². The average Bonchev–Trinajstić information content (AvgIpc) is 2.97. The largest absolute Gasteiger partial charge is 0.507 e. The molecule has 2 atom stereocenters. The van der Waals surface area contributed by atoms with Gasteiger partial charge < -0.3 is 10.2 Å². The van der Waals surface area contributed by atoms with E-state index in [0.717, 1.165) is 27.8 Å². The van der Waals surface area contributed by atoms with Gasteiger partial charge in [0, 0.05) is 17.4 Å². The van der Waals surface area contributed by atoms with Crippen LogP contribution in [0.25, 0.3) is 0 Å². The van der Waals surface area contributed by atoms with E-state index in [-0.39, 0.29) is 23.1 Å².